The summed E-state index contributed by atoms with van der Waals surface area (Å²) < 4.78 is 40.7. The number of aryl methyl sites for hydroxylation is 1. The molecule has 0 saturated heterocycles. The predicted molar refractivity (Wildman–Crippen MR) is 144 cm³/mol. The molecule has 0 aliphatic rings. The maximum atomic E-state index is 12.5. The van der Waals surface area contributed by atoms with E-state index in [1.807, 2.05) is 52.7 Å². The Morgan fingerprint density at radius 2 is 1.70 bits per heavy atom. The monoisotopic (exact) mass is 547 g/mol. The van der Waals surface area contributed by atoms with Gasteiger partial charge in [-0.3, -0.25) is 9.36 Å². The third-order valence-electron chi connectivity index (χ3n) is 6.19. The summed E-state index contributed by atoms with van der Waals surface area (Å²) in [4.78, 5) is 33.1. The van der Waals surface area contributed by atoms with Crippen LogP contribution in [0.1, 0.15) is 16.2 Å². The van der Waals surface area contributed by atoms with Gasteiger partial charge in [0.15, 0.2) is 0 Å². The smallest absolute Gasteiger partial charge is 0.345 e. The van der Waals surface area contributed by atoms with E-state index >= 15 is 0 Å². The van der Waals surface area contributed by atoms with Gasteiger partial charge in [-0.2, -0.15) is 13.2 Å². The molecule has 9 nitrogen and oxygen atoms in total. The van der Waals surface area contributed by atoms with Gasteiger partial charge < -0.3 is 20.5 Å². The summed E-state index contributed by atoms with van der Waals surface area (Å²) in [6.07, 6.45) is 0.630. The van der Waals surface area contributed by atoms with Crippen molar-refractivity contribution in [3.63, 3.8) is 0 Å². The van der Waals surface area contributed by atoms with Gasteiger partial charge in [0.2, 0.25) is 0 Å². The van der Waals surface area contributed by atoms with Crippen LogP contribution < -0.4 is 16.0 Å². The van der Waals surface area contributed by atoms with Crippen LogP contribution in [0, 0.1) is 0 Å². The molecule has 5 rings (SSSR count). The van der Waals surface area contributed by atoms with Gasteiger partial charge in [0.05, 0.1) is 17.6 Å². The van der Waals surface area contributed by atoms with Crippen LogP contribution in [-0.2, 0) is 13.6 Å². The minimum Gasteiger partial charge on any atom is -0.345 e. The zero-order chi connectivity index (χ0) is 28.3. The first-order chi connectivity index (χ1) is 19.2. The summed E-state index contributed by atoms with van der Waals surface area (Å²) in [6.45, 7) is -1.09. The lowest BCUT2D eigenvalue weighted by atomic mass is 10.0. The molecule has 2 heterocycles. The van der Waals surface area contributed by atoms with E-state index in [0.29, 0.717) is 23.5 Å². The lowest BCUT2D eigenvalue weighted by Gasteiger charge is -2.11. The first kappa shape index (κ1) is 26.5. The van der Waals surface area contributed by atoms with Crippen LogP contribution in [0.25, 0.3) is 27.8 Å². The summed E-state index contributed by atoms with van der Waals surface area (Å²) in [5.41, 5.74) is 4.87. The highest BCUT2D eigenvalue weighted by atomic mass is 19.4. The van der Waals surface area contributed by atoms with E-state index in [-0.39, 0.29) is 5.91 Å². The number of carbonyl (C=O) groups is 2. The number of carbonyl (C=O) groups excluding carboxylic acids is 2. The number of alkyl halides is 3. The molecular formula is C28H24F3N7O2. The van der Waals surface area contributed by atoms with Gasteiger partial charge >= 0.3 is 12.2 Å². The van der Waals surface area contributed by atoms with Crippen molar-refractivity contribution < 1.29 is 22.8 Å². The van der Waals surface area contributed by atoms with Crippen molar-refractivity contribution in [1.29, 1.82) is 0 Å². The average molecular weight is 548 g/mol. The molecule has 3 aromatic carbocycles. The van der Waals surface area contributed by atoms with E-state index in [2.05, 4.69) is 20.6 Å². The summed E-state index contributed by atoms with van der Waals surface area (Å²) in [5, 5.41) is 7.05. The Morgan fingerprint density at radius 1 is 0.925 bits per heavy atom. The molecule has 2 aromatic heterocycles. The van der Waals surface area contributed by atoms with Gasteiger partial charge in [0.1, 0.15) is 18.7 Å². The van der Waals surface area contributed by atoms with Gasteiger partial charge in [0.25, 0.3) is 5.91 Å². The first-order valence-corrected chi connectivity index (χ1v) is 12.2. The van der Waals surface area contributed by atoms with Gasteiger partial charge in [-0.05, 0) is 53.6 Å². The van der Waals surface area contributed by atoms with Crippen molar-refractivity contribution in [2.75, 3.05) is 11.9 Å². The standard InChI is InChI=1S/C28H24F3N7O2/c1-37-12-11-32-25(37)15-33-26(39)19-7-5-18(6-8-19)20-9-10-24-23(13-20)35-17-38(24)22-4-2-3-21(14-22)36-27(40)34-16-28(29,30)31/h2-14,17H,15-16H2,1H3,(H,33,39)(H2,34,36,40). The fraction of sp³-hybridized carbons (Fsp3) is 0.143. The van der Waals surface area contributed by atoms with E-state index in [4.69, 9.17) is 0 Å². The molecule has 3 N–H and O–H groups in total. The number of benzene rings is 3. The lowest BCUT2D eigenvalue weighted by Crippen LogP contribution is -2.36. The molecule has 3 amide bonds. The van der Waals surface area contributed by atoms with E-state index in [1.165, 1.54) is 0 Å². The molecule has 5 aromatic rings. The van der Waals surface area contributed by atoms with Crippen molar-refractivity contribution >= 4 is 28.7 Å². The summed E-state index contributed by atoms with van der Waals surface area (Å²) in [6, 6.07) is 18.8. The fourth-order valence-corrected chi connectivity index (χ4v) is 4.13. The number of hydrogen-bond acceptors (Lipinski definition) is 4. The Kier molecular flexibility index (Phi) is 7.23. The SMILES string of the molecule is Cn1ccnc1CNC(=O)c1ccc(-c2ccc3c(c2)ncn3-c2cccc(NC(=O)NCC(F)(F)F)c2)cc1. The molecule has 0 saturated carbocycles. The highest BCUT2D eigenvalue weighted by Gasteiger charge is 2.27. The van der Waals surface area contributed by atoms with Crippen molar-refractivity contribution in [3.8, 4) is 16.8 Å². The number of fused-ring (bicyclic) bond motifs is 1. The highest BCUT2D eigenvalue weighted by Crippen LogP contribution is 2.27. The zero-order valence-electron chi connectivity index (χ0n) is 21.2. The van der Waals surface area contributed by atoms with Crippen LogP contribution in [0.4, 0.5) is 23.7 Å². The normalized spacial score (nSPS) is 11.4. The van der Waals surface area contributed by atoms with E-state index in [1.54, 1.807) is 54.2 Å². The quantitative estimate of drug-likeness (QED) is 0.266. The number of urea groups is 1. The first-order valence-electron chi connectivity index (χ1n) is 12.2. The molecule has 204 valence electrons. The second-order valence-electron chi connectivity index (χ2n) is 9.01. The molecule has 0 radical (unpaired) electrons. The molecular weight excluding hydrogens is 523 g/mol. The van der Waals surface area contributed by atoms with Crippen molar-refractivity contribution in [3.05, 3.63) is 96.8 Å². The largest absolute Gasteiger partial charge is 0.405 e. The van der Waals surface area contributed by atoms with Crippen LogP contribution in [0.5, 0.6) is 0 Å². The van der Waals surface area contributed by atoms with Gasteiger partial charge in [0, 0.05) is 36.4 Å². The molecule has 0 fully saturated rings. The number of hydrogen-bond donors (Lipinski definition) is 3. The Labute approximate surface area is 226 Å². The Hall–Kier alpha value is -5.13. The van der Waals surface area contributed by atoms with Crippen molar-refractivity contribution in [2.45, 2.75) is 12.7 Å². The van der Waals surface area contributed by atoms with Crippen LogP contribution in [0.2, 0.25) is 0 Å². The third kappa shape index (κ3) is 6.12. The lowest BCUT2D eigenvalue weighted by molar-refractivity contribution is -0.122. The summed E-state index contributed by atoms with van der Waals surface area (Å²) >= 11 is 0. The van der Waals surface area contributed by atoms with E-state index < -0.39 is 18.8 Å². The van der Waals surface area contributed by atoms with E-state index in [0.717, 1.165) is 28.0 Å². The maximum absolute atomic E-state index is 12.5. The molecule has 0 aliphatic carbocycles. The number of anilines is 1. The second kappa shape index (κ2) is 10.9. The number of halogens is 3. The number of imidazole rings is 2. The van der Waals surface area contributed by atoms with Crippen LogP contribution in [-0.4, -0.2) is 43.8 Å². The second-order valence-corrected chi connectivity index (χ2v) is 9.01. The minimum atomic E-state index is -4.50. The number of rotatable bonds is 7. The molecule has 0 atom stereocenters. The number of nitrogens with one attached hydrogen (secondary N) is 3. The van der Waals surface area contributed by atoms with Crippen LogP contribution >= 0.6 is 0 Å². The molecule has 0 unspecified atom stereocenters. The number of nitrogens with zero attached hydrogens (tertiary/aromatic N) is 4. The molecule has 12 heteroatoms. The Balaban J connectivity index is 1.28. The highest BCUT2D eigenvalue weighted by molar-refractivity contribution is 5.95. The van der Waals surface area contributed by atoms with Gasteiger partial charge in [-0.1, -0.05) is 24.3 Å². The van der Waals surface area contributed by atoms with Crippen molar-refractivity contribution in [1.82, 2.24) is 29.7 Å². The average Bonchev–Trinajstić information content (AvgIpc) is 3.55. The Bertz CT molecular complexity index is 1670. The third-order valence-corrected chi connectivity index (χ3v) is 6.19. The minimum absolute atomic E-state index is 0.196. The number of aromatic nitrogens is 4. The molecule has 0 bridgehead atoms. The fourth-order valence-electron chi connectivity index (χ4n) is 4.13. The predicted octanol–water partition coefficient (Wildman–Crippen LogP) is 5.04. The Morgan fingerprint density at radius 3 is 2.42 bits per heavy atom. The van der Waals surface area contributed by atoms with Crippen molar-refractivity contribution in [2.24, 2.45) is 7.05 Å². The maximum Gasteiger partial charge on any atom is 0.405 e. The number of amides is 3. The molecule has 0 spiro atoms. The zero-order valence-corrected chi connectivity index (χ0v) is 21.2. The van der Waals surface area contributed by atoms with Gasteiger partial charge in [-0.25, -0.2) is 14.8 Å². The van der Waals surface area contributed by atoms with Crippen LogP contribution in [0.15, 0.2) is 85.5 Å². The summed E-state index contributed by atoms with van der Waals surface area (Å²) in [7, 11) is 1.86. The van der Waals surface area contributed by atoms with E-state index in [9.17, 15) is 22.8 Å². The molecule has 40 heavy (non-hydrogen) atoms. The summed E-state index contributed by atoms with van der Waals surface area (Å²) in [5.74, 6) is 0.561. The molecule has 0 aliphatic heterocycles. The van der Waals surface area contributed by atoms with Gasteiger partial charge in [-0.15, -0.1) is 0 Å². The topological polar surface area (TPSA) is 106 Å². The van der Waals surface area contributed by atoms with Crippen LogP contribution in [0.3, 0.4) is 0 Å².